The Hall–Kier alpha value is -0.900. The normalized spacial score (nSPS) is 22.0. The van der Waals surface area contributed by atoms with Gasteiger partial charge in [0.25, 0.3) is 0 Å². The quantitative estimate of drug-likeness (QED) is 0.766. The Morgan fingerprint density at radius 3 is 3.00 bits per heavy atom. The van der Waals surface area contributed by atoms with Crippen molar-refractivity contribution in [2.24, 2.45) is 0 Å². The number of fused-ring (bicyclic) bond motifs is 1. The zero-order valence-electron chi connectivity index (χ0n) is 8.49. The van der Waals surface area contributed by atoms with Gasteiger partial charge in [-0.25, -0.2) is 0 Å². The Morgan fingerprint density at radius 2 is 2.13 bits per heavy atom. The summed E-state index contributed by atoms with van der Waals surface area (Å²) < 4.78 is 1.39. The van der Waals surface area contributed by atoms with Gasteiger partial charge >= 0.3 is 0 Å². The van der Waals surface area contributed by atoms with Gasteiger partial charge in [0.15, 0.2) is 0 Å². The Bertz CT molecular complexity index is 457. The van der Waals surface area contributed by atoms with E-state index in [0.717, 1.165) is 19.6 Å². The van der Waals surface area contributed by atoms with Gasteiger partial charge in [-0.15, -0.1) is 11.3 Å². The first-order valence-electron chi connectivity index (χ1n) is 5.35. The summed E-state index contributed by atoms with van der Waals surface area (Å²) in [6, 6.07) is 9.12. The molecule has 0 amide bonds. The fourth-order valence-corrected chi connectivity index (χ4v) is 3.16. The van der Waals surface area contributed by atoms with Crippen molar-refractivity contribution in [1.29, 1.82) is 0 Å². The molecule has 1 aliphatic heterocycles. The first kappa shape index (κ1) is 9.33. The highest BCUT2D eigenvalue weighted by Gasteiger charge is 2.17. The molecule has 0 aliphatic carbocycles. The summed E-state index contributed by atoms with van der Waals surface area (Å²) in [6.45, 7) is 3.19. The summed E-state index contributed by atoms with van der Waals surface area (Å²) in [6.07, 6.45) is 0. The second-order valence-corrected chi connectivity index (χ2v) is 4.81. The van der Waals surface area contributed by atoms with Crippen molar-refractivity contribution in [3.8, 4) is 0 Å². The lowest BCUT2D eigenvalue weighted by atomic mass is 10.0. The monoisotopic (exact) mass is 218 g/mol. The van der Waals surface area contributed by atoms with E-state index >= 15 is 0 Å². The Kier molecular flexibility index (Phi) is 2.44. The second kappa shape index (κ2) is 3.93. The van der Waals surface area contributed by atoms with Crippen LogP contribution in [0.3, 0.4) is 0 Å². The zero-order chi connectivity index (χ0) is 10.1. The fraction of sp³-hybridized carbons (Fsp3) is 0.333. The fourth-order valence-electron chi connectivity index (χ4n) is 2.14. The predicted molar refractivity (Wildman–Crippen MR) is 65.4 cm³/mol. The largest absolute Gasteiger partial charge is 0.314 e. The van der Waals surface area contributed by atoms with Gasteiger partial charge in [0.05, 0.1) is 0 Å². The van der Waals surface area contributed by atoms with Crippen molar-refractivity contribution in [3.05, 3.63) is 35.2 Å². The lowest BCUT2D eigenvalue weighted by molar-refractivity contribution is 0.433. The van der Waals surface area contributed by atoms with E-state index in [4.69, 9.17) is 0 Å². The predicted octanol–water partition coefficient (Wildman–Crippen LogP) is 2.14. The molecule has 1 aliphatic rings. The SMILES string of the molecule is c1ccc2c(C3CNCCN3)csc2c1. The molecule has 0 bridgehead atoms. The Balaban J connectivity index is 2.02. The van der Waals surface area contributed by atoms with Crippen LogP contribution in [-0.4, -0.2) is 19.6 Å². The molecule has 2 N–H and O–H groups in total. The minimum atomic E-state index is 0.481. The zero-order valence-corrected chi connectivity index (χ0v) is 9.31. The molecule has 3 heteroatoms. The third kappa shape index (κ3) is 1.67. The molecule has 1 aromatic heterocycles. The van der Waals surface area contributed by atoms with Crippen LogP contribution in [0.5, 0.6) is 0 Å². The van der Waals surface area contributed by atoms with Crippen LogP contribution in [0, 0.1) is 0 Å². The highest BCUT2D eigenvalue weighted by molar-refractivity contribution is 7.17. The summed E-state index contributed by atoms with van der Waals surface area (Å²) in [5, 5.41) is 10.7. The maximum atomic E-state index is 3.56. The van der Waals surface area contributed by atoms with Gasteiger partial charge in [0, 0.05) is 30.4 Å². The molecular formula is C12H14N2S. The van der Waals surface area contributed by atoms with Crippen LogP contribution in [0.25, 0.3) is 10.1 Å². The molecule has 0 radical (unpaired) electrons. The molecule has 2 nitrogen and oxygen atoms in total. The molecule has 1 aromatic carbocycles. The van der Waals surface area contributed by atoms with Crippen LogP contribution in [0.2, 0.25) is 0 Å². The van der Waals surface area contributed by atoms with E-state index in [9.17, 15) is 0 Å². The summed E-state index contributed by atoms with van der Waals surface area (Å²) in [5.41, 5.74) is 1.45. The molecule has 1 fully saturated rings. The summed E-state index contributed by atoms with van der Waals surface area (Å²) >= 11 is 1.84. The molecule has 15 heavy (non-hydrogen) atoms. The van der Waals surface area contributed by atoms with Gasteiger partial charge in [0.2, 0.25) is 0 Å². The number of piperazine rings is 1. The van der Waals surface area contributed by atoms with Gasteiger partial charge in [-0.3, -0.25) is 0 Å². The van der Waals surface area contributed by atoms with Gasteiger partial charge in [-0.1, -0.05) is 18.2 Å². The van der Waals surface area contributed by atoms with Gasteiger partial charge < -0.3 is 10.6 Å². The van der Waals surface area contributed by atoms with E-state index in [2.05, 4.69) is 40.3 Å². The standard InChI is InChI=1S/C12H14N2S/c1-2-4-12-9(3-1)10(8-15-12)11-7-13-5-6-14-11/h1-4,8,11,13-14H,5-7H2. The van der Waals surface area contributed by atoms with Crippen molar-refractivity contribution in [1.82, 2.24) is 10.6 Å². The third-order valence-corrected chi connectivity index (χ3v) is 3.91. The molecule has 1 atom stereocenters. The van der Waals surface area contributed by atoms with Crippen LogP contribution in [0.15, 0.2) is 29.6 Å². The van der Waals surface area contributed by atoms with Crippen LogP contribution in [0.4, 0.5) is 0 Å². The molecule has 1 saturated heterocycles. The first-order valence-corrected chi connectivity index (χ1v) is 6.23. The van der Waals surface area contributed by atoms with Crippen LogP contribution in [0.1, 0.15) is 11.6 Å². The lowest BCUT2D eigenvalue weighted by Crippen LogP contribution is -2.42. The van der Waals surface area contributed by atoms with Crippen LogP contribution in [-0.2, 0) is 0 Å². The van der Waals surface area contributed by atoms with Crippen molar-refractivity contribution in [3.63, 3.8) is 0 Å². The van der Waals surface area contributed by atoms with E-state index in [1.807, 2.05) is 11.3 Å². The highest BCUT2D eigenvalue weighted by Crippen LogP contribution is 2.30. The second-order valence-electron chi connectivity index (χ2n) is 3.90. The number of rotatable bonds is 1. The number of thiophene rings is 1. The maximum Gasteiger partial charge on any atom is 0.0461 e. The Labute approximate surface area is 93.3 Å². The number of hydrogen-bond donors (Lipinski definition) is 2. The summed E-state index contributed by atoms with van der Waals surface area (Å²) in [4.78, 5) is 0. The molecule has 0 spiro atoms. The van der Waals surface area contributed by atoms with Crippen molar-refractivity contribution in [2.45, 2.75) is 6.04 Å². The minimum Gasteiger partial charge on any atom is -0.314 e. The molecule has 0 saturated carbocycles. The minimum absolute atomic E-state index is 0.481. The average Bonchev–Trinajstić information content (AvgIpc) is 2.74. The topological polar surface area (TPSA) is 24.1 Å². The number of hydrogen-bond acceptors (Lipinski definition) is 3. The summed E-state index contributed by atoms with van der Waals surface area (Å²) in [5.74, 6) is 0. The van der Waals surface area contributed by atoms with E-state index < -0.39 is 0 Å². The highest BCUT2D eigenvalue weighted by atomic mass is 32.1. The van der Waals surface area contributed by atoms with E-state index in [-0.39, 0.29) is 0 Å². The molecule has 78 valence electrons. The van der Waals surface area contributed by atoms with Crippen molar-refractivity contribution in [2.75, 3.05) is 19.6 Å². The smallest absolute Gasteiger partial charge is 0.0461 e. The third-order valence-electron chi connectivity index (χ3n) is 2.93. The average molecular weight is 218 g/mol. The first-order chi connectivity index (χ1) is 7.45. The molecule has 3 rings (SSSR count). The molecule has 2 aromatic rings. The van der Waals surface area contributed by atoms with Gasteiger partial charge in [0.1, 0.15) is 0 Å². The van der Waals surface area contributed by atoms with Gasteiger partial charge in [-0.2, -0.15) is 0 Å². The van der Waals surface area contributed by atoms with Crippen molar-refractivity contribution < 1.29 is 0 Å². The molecular weight excluding hydrogens is 204 g/mol. The van der Waals surface area contributed by atoms with E-state index in [1.54, 1.807) is 0 Å². The Morgan fingerprint density at radius 1 is 1.20 bits per heavy atom. The van der Waals surface area contributed by atoms with Gasteiger partial charge in [-0.05, 0) is 22.4 Å². The number of nitrogens with one attached hydrogen (secondary N) is 2. The van der Waals surface area contributed by atoms with Crippen LogP contribution < -0.4 is 10.6 Å². The van der Waals surface area contributed by atoms with Crippen LogP contribution >= 0.6 is 11.3 Å². The molecule has 2 heterocycles. The number of benzene rings is 1. The molecule has 1 unspecified atom stereocenters. The lowest BCUT2D eigenvalue weighted by Gasteiger charge is -2.24. The van der Waals surface area contributed by atoms with E-state index in [0.29, 0.717) is 6.04 Å². The summed E-state index contributed by atoms with van der Waals surface area (Å²) in [7, 11) is 0. The van der Waals surface area contributed by atoms with Crippen molar-refractivity contribution >= 4 is 21.4 Å². The van der Waals surface area contributed by atoms with E-state index in [1.165, 1.54) is 15.6 Å². The maximum absolute atomic E-state index is 3.56.